The standard InChI is InChI=1S/C28H26ClN3O2/c1-20-26(19-31(27(33)22-15-16-22)18-21-9-4-2-5-10-21)28(34-25-13-6-3-7-14-25)32(30-20)24-12-8-11-23(29)17-24/h2-14,17,22H,15-16,18-19H2,1H3. The number of hydrogen-bond donors (Lipinski definition) is 0. The van der Waals surface area contributed by atoms with Crippen molar-refractivity contribution < 1.29 is 9.53 Å². The molecule has 5 rings (SSSR count). The van der Waals surface area contributed by atoms with E-state index in [1.54, 1.807) is 4.68 Å². The first-order valence-electron chi connectivity index (χ1n) is 11.5. The number of para-hydroxylation sites is 1. The molecule has 0 radical (unpaired) electrons. The summed E-state index contributed by atoms with van der Waals surface area (Å²) in [5.41, 5.74) is 3.60. The fraction of sp³-hybridized carbons (Fsp3) is 0.214. The molecule has 1 aliphatic carbocycles. The summed E-state index contributed by atoms with van der Waals surface area (Å²) in [4.78, 5) is 15.2. The molecule has 5 nitrogen and oxygen atoms in total. The van der Waals surface area contributed by atoms with Gasteiger partial charge >= 0.3 is 0 Å². The summed E-state index contributed by atoms with van der Waals surface area (Å²) in [5.74, 6) is 1.59. The van der Waals surface area contributed by atoms with Gasteiger partial charge in [-0.15, -0.1) is 0 Å². The Morgan fingerprint density at radius 3 is 2.38 bits per heavy atom. The molecule has 0 spiro atoms. The largest absolute Gasteiger partial charge is 0.439 e. The molecule has 34 heavy (non-hydrogen) atoms. The van der Waals surface area contributed by atoms with Crippen molar-refractivity contribution in [1.29, 1.82) is 0 Å². The molecule has 172 valence electrons. The molecular weight excluding hydrogens is 446 g/mol. The van der Waals surface area contributed by atoms with E-state index >= 15 is 0 Å². The molecule has 1 fully saturated rings. The average molecular weight is 472 g/mol. The first-order chi connectivity index (χ1) is 16.6. The number of amides is 1. The number of nitrogens with zero attached hydrogens (tertiary/aromatic N) is 3. The van der Waals surface area contributed by atoms with E-state index in [9.17, 15) is 4.79 Å². The second-order valence-electron chi connectivity index (χ2n) is 8.63. The smallest absolute Gasteiger partial charge is 0.227 e. The number of benzene rings is 3. The van der Waals surface area contributed by atoms with E-state index in [4.69, 9.17) is 21.4 Å². The van der Waals surface area contributed by atoms with Crippen LogP contribution in [0, 0.1) is 12.8 Å². The van der Waals surface area contributed by atoms with Crippen molar-refractivity contribution in [1.82, 2.24) is 14.7 Å². The summed E-state index contributed by atoms with van der Waals surface area (Å²) >= 11 is 6.28. The van der Waals surface area contributed by atoms with Gasteiger partial charge in [-0.05, 0) is 55.7 Å². The first kappa shape index (κ1) is 22.2. The Hall–Kier alpha value is -3.57. The molecule has 3 aromatic carbocycles. The van der Waals surface area contributed by atoms with Crippen molar-refractivity contribution in [3.63, 3.8) is 0 Å². The molecular formula is C28H26ClN3O2. The number of carbonyl (C=O) groups excluding carboxylic acids is 1. The Bertz CT molecular complexity index is 1280. The van der Waals surface area contributed by atoms with Crippen LogP contribution in [0.2, 0.25) is 5.02 Å². The lowest BCUT2D eigenvalue weighted by Crippen LogP contribution is -2.31. The van der Waals surface area contributed by atoms with Gasteiger partial charge in [-0.3, -0.25) is 4.79 Å². The van der Waals surface area contributed by atoms with Gasteiger partial charge in [-0.2, -0.15) is 5.10 Å². The summed E-state index contributed by atoms with van der Waals surface area (Å²) in [6.45, 7) is 2.91. The van der Waals surface area contributed by atoms with Gasteiger partial charge < -0.3 is 9.64 Å². The van der Waals surface area contributed by atoms with Gasteiger partial charge in [0.15, 0.2) is 0 Å². The van der Waals surface area contributed by atoms with Crippen LogP contribution in [-0.4, -0.2) is 20.6 Å². The van der Waals surface area contributed by atoms with Crippen LogP contribution in [0.5, 0.6) is 11.6 Å². The van der Waals surface area contributed by atoms with Crippen LogP contribution in [0.25, 0.3) is 5.69 Å². The summed E-state index contributed by atoms with van der Waals surface area (Å²) in [6.07, 6.45) is 1.91. The van der Waals surface area contributed by atoms with Crippen molar-refractivity contribution in [2.45, 2.75) is 32.9 Å². The van der Waals surface area contributed by atoms with Gasteiger partial charge in [0.05, 0.1) is 23.5 Å². The Kier molecular flexibility index (Phi) is 6.37. The van der Waals surface area contributed by atoms with E-state index in [1.807, 2.05) is 84.6 Å². The van der Waals surface area contributed by atoms with E-state index in [0.29, 0.717) is 29.7 Å². The minimum absolute atomic E-state index is 0.116. The Morgan fingerprint density at radius 2 is 1.71 bits per heavy atom. The van der Waals surface area contributed by atoms with E-state index in [-0.39, 0.29) is 11.8 Å². The van der Waals surface area contributed by atoms with E-state index in [1.165, 1.54) is 0 Å². The van der Waals surface area contributed by atoms with Gasteiger partial charge in [0, 0.05) is 17.5 Å². The second-order valence-corrected chi connectivity index (χ2v) is 9.07. The molecule has 0 atom stereocenters. The maximum Gasteiger partial charge on any atom is 0.227 e. The molecule has 1 heterocycles. The van der Waals surface area contributed by atoms with Crippen LogP contribution < -0.4 is 4.74 Å². The third kappa shape index (κ3) is 5.00. The predicted octanol–water partition coefficient (Wildman–Crippen LogP) is 6.57. The van der Waals surface area contributed by atoms with Gasteiger partial charge in [0.25, 0.3) is 0 Å². The number of halogens is 1. The molecule has 6 heteroatoms. The lowest BCUT2D eigenvalue weighted by molar-refractivity contribution is -0.133. The predicted molar refractivity (Wildman–Crippen MR) is 133 cm³/mol. The lowest BCUT2D eigenvalue weighted by atomic mass is 10.1. The van der Waals surface area contributed by atoms with Crippen molar-refractivity contribution in [2.75, 3.05) is 0 Å². The zero-order valence-corrected chi connectivity index (χ0v) is 19.8. The highest BCUT2D eigenvalue weighted by atomic mass is 35.5. The van der Waals surface area contributed by atoms with Gasteiger partial charge in [0.2, 0.25) is 11.8 Å². The molecule has 4 aromatic rings. The van der Waals surface area contributed by atoms with E-state index < -0.39 is 0 Å². The van der Waals surface area contributed by atoms with Crippen LogP contribution in [-0.2, 0) is 17.9 Å². The summed E-state index contributed by atoms with van der Waals surface area (Å²) in [6, 6.07) is 27.2. The minimum atomic E-state index is 0.116. The number of hydrogen-bond acceptors (Lipinski definition) is 3. The number of aryl methyl sites for hydroxylation is 1. The van der Waals surface area contributed by atoms with Gasteiger partial charge in [-0.25, -0.2) is 4.68 Å². The number of rotatable bonds is 8. The fourth-order valence-electron chi connectivity index (χ4n) is 4.00. The highest BCUT2D eigenvalue weighted by Crippen LogP contribution is 2.35. The molecule has 1 amide bonds. The molecule has 0 aliphatic heterocycles. The third-order valence-electron chi connectivity index (χ3n) is 5.95. The highest BCUT2D eigenvalue weighted by molar-refractivity contribution is 6.30. The Morgan fingerprint density at radius 1 is 1.00 bits per heavy atom. The maximum atomic E-state index is 13.3. The van der Waals surface area contributed by atoms with Gasteiger partial charge in [-0.1, -0.05) is 66.2 Å². The monoisotopic (exact) mass is 471 g/mol. The molecule has 1 aromatic heterocycles. The summed E-state index contributed by atoms with van der Waals surface area (Å²) < 4.78 is 8.15. The summed E-state index contributed by atoms with van der Waals surface area (Å²) in [7, 11) is 0. The molecule has 0 saturated heterocycles. The lowest BCUT2D eigenvalue weighted by Gasteiger charge is -2.23. The maximum absolute atomic E-state index is 13.3. The van der Waals surface area contributed by atoms with Crippen molar-refractivity contribution in [3.05, 3.63) is 107 Å². The molecule has 1 aliphatic rings. The summed E-state index contributed by atoms with van der Waals surface area (Å²) in [5, 5.41) is 5.41. The van der Waals surface area contributed by atoms with E-state index in [0.717, 1.165) is 35.3 Å². The number of carbonyl (C=O) groups is 1. The van der Waals surface area contributed by atoms with E-state index in [2.05, 4.69) is 12.1 Å². The van der Waals surface area contributed by atoms with Crippen LogP contribution >= 0.6 is 11.6 Å². The average Bonchev–Trinajstić information content (AvgIpc) is 3.66. The highest BCUT2D eigenvalue weighted by Gasteiger charge is 2.34. The zero-order chi connectivity index (χ0) is 23.5. The SMILES string of the molecule is Cc1nn(-c2cccc(Cl)c2)c(Oc2ccccc2)c1CN(Cc1ccccc1)C(=O)C1CC1. The zero-order valence-electron chi connectivity index (χ0n) is 19.0. The van der Waals surface area contributed by atoms with Crippen LogP contribution in [0.4, 0.5) is 0 Å². The van der Waals surface area contributed by atoms with Crippen molar-refractivity contribution in [3.8, 4) is 17.3 Å². The second kappa shape index (κ2) is 9.74. The van der Waals surface area contributed by atoms with Crippen LogP contribution in [0.3, 0.4) is 0 Å². The molecule has 0 N–H and O–H groups in total. The molecule has 1 saturated carbocycles. The van der Waals surface area contributed by atoms with Gasteiger partial charge in [0.1, 0.15) is 5.75 Å². The minimum Gasteiger partial charge on any atom is -0.439 e. The number of ether oxygens (including phenoxy) is 1. The number of aromatic nitrogens is 2. The quantitative estimate of drug-likeness (QED) is 0.292. The Balaban J connectivity index is 1.55. The fourth-order valence-corrected chi connectivity index (χ4v) is 4.19. The first-order valence-corrected chi connectivity index (χ1v) is 11.9. The third-order valence-corrected chi connectivity index (χ3v) is 6.19. The topological polar surface area (TPSA) is 47.4 Å². The van der Waals surface area contributed by atoms with Crippen molar-refractivity contribution in [2.24, 2.45) is 5.92 Å². The van der Waals surface area contributed by atoms with Crippen molar-refractivity contribution >= 4 is 17.5 Å². The molecule has 0 unspecified atom stereocenters. The van der Waals surface area contributed by atoms with Crippen LogP contribution in [0.15, 0.2) is 84.9 Å². The Labute approximate surface area is 204 Å². The normalized spacial score (nSPS) is 13.0. The van der Waals surface area contributed by atoms with Crippen LogP contribution in [0.1, 0.15) is 29.7 Å². The molecule has 0 bridgehead atoms.